The Balaban J connectivity index is 1.29. The first kappa shape index (κ1) is 20.4. The lowest BCUT2D eigenvalue weighted by molar-refractivity contribution is 0.0115. The molecule has 170 valence electrons. The Morgan fingerprint density at radius 2 is 1.70 bits per heavy atom. The lowest BCUT2D eigenvalue weighted by Crippen LogP contribution is -2.49. The van der Waals surface area contributed by atoms with Gasteiger partial charge in [-0.1, -0.05) is 18.2 Å². The quantitative estimate of drug-likeness (QED) is 0.484. The summed E-state index contributed by atoms with van der Waals surface area (Å²) in [5.74, 6) is 0. The second-order valence-electron chi connectivity index (χ2n) is 9.01. The highest BCUT2D eigenvalue weighted by atomic mass is 16.5. The highest BCUT2D eigenvalue weighted by Gasteiger charge is 2.26. The Morgan fingerprint density at radius 1 is 0.939 bits per heavy atom. The smallest absolute Gasteiger partial charge is 0.258 e. The number of morpholine rings is 1. The van der Waals surface area contributed by atoms with Crippen LogP contribution in [0.25, 0.3) is 27.5 Å². The zero-order valence-electron chi connectivity index (χ0n) is 18.9. The van der Waals surface area contributed by atoms with Crippen molar-refractivity contribution < 1.29 is 4.74 Å². The number of piperidine rings is 1. The molecule has 0 bridgehead atoms. The number of fused-ring (bicyclic) bond motifs is 2. The molecule has 2 fully saturated rings. The molecule has 0 aliphatic carbocycles. The Bertz CT molecular complexity index is 1360. The highest BCUT2D eigenvalue weighted by molar-refractivity contribution is 5.98. The van der Waals surface area contributed by atoms with E-state index in [2.05, 4.69) is 21.1 Å². The van der Waals surface area contributed by atoms with E-state index >= 15 is 0 Å². The molecule has 0 unspecified atom stereocenters. The Kier molecular flexibility index (Phi) is 5.11. The number of rotatable bonds is 3. The van der Waals surface area contributed by atoms with Crippen LogP contribution in [0.1, 0.15) is 12.8 Å². The maximum absolute atomic E-state index is 12.6. The molecule has 5 heterocycles. The standard InChI is InChI=1S/C25H28N6O2/c1-28-17-23(20-4-2-3-5-21(20)25(28)32)22-15-27-31-16-19(14-26-24(22)31)29-8-6-18(7-9-29)30-10-12-33-13-11-30/h2-5,14-18H,6-13H2,1H3. The number of hydrogen-bond donors (Lipinski definition) is 0. The highest BCUT2D eigenvalue weighted by Crippen LogP contribution is 2.30. The van der Waals surface area contributed by atoms with Crippen molar-refractivity contribution in [3.8, 4) is 11.1 Å². The lowest BCUT2D eigenvalue weighted by atomic mass is 10.0. The molecule has 2 aliphatic heterocycles. The van der Waals surface area contributed by atoms with E-state index in [4.69, 9.17) is 9.72 Å². The number of anilines is 1. The van der Waals surface area contributed by atoms with E-state index < -0.39 is 0 Å². The van der Waals surface area contributed by atoms with E-state index in [9.17, 15) is 4.79 Å². The van der Waals surface area contributed by atoms with Gasteiger partial charge in [-0.3, -0.25) is 9.69 Å². The van der Waals surface area contributed by atoms with Gasteiger partial charge in [0.25, 0.3) is 5.56 Å². The summed E-state index contributed by atoms with van der Waals surface area (Å²) < 4.78 is 9.00. The summed E-state index contributed by atoms with van der Waals surface area (Å²) in [6, 6.07) is 8.37. The van der Waals surface area contributed by atoms with Gasteiger partial charge in [-0.25, -0.2) is 9.50 Å². The van der Waals surface area contributed by atoms with E-state index in [0.29, 0.717) is 11.4 Å². The van der Waals surface area contributed by atoms with Crippen LogP contribution in [0.2, 0.25) is 0 Å². The first-order valence-electron chi connectivity index (χ1n) is 11.7. The summed E-state index contributed by atoms with van der Waals surface area (Å²) >= 11 is 0. The van der Waals surface area contributed by atoms with Gasteiger partial charge < -0.3 is 14.2 Å². The fourth-order valence-corrected chi connectivity index (χ4v) is 5.28. The van der Waals surface area contributed by atoms with Gasteiger partial charge in [0.05, 0.1) is 37.5 Å². The van der Waals surface area contributed by atoms with E-state index in [1.54, 1.807) is 11.6 Å². The normalized spacial score (nSPS) is 18.4. The number of hydrogen-bond acceptors (Lipinski definition) is 6. The third-order valence-electron chi connectivity index (χ3n) is 7.12. The van der Waals surface area contributed by atoms with Crippen LogP contribution >= 0.6 is 0 Å². The first-order valence-corrected chi connectivity index (χ1v) is 11.7. The van der Waals surface area contributed by atoms with Crippen LogP contribution in [0.3, 0.4) is 0 Å². The lowest BCUT2D eigenvalue weighted by Gasteiger charge is -2.40. The molecule has 33 heavy (non-hydrogen) atoms. The molecular weight excluding hydrogens is 416 g/mol. The molecule has 8 nitrogen and oxygen atoms in total. The van der Waals surface area contributed by atoms with Gasteiger partial charge >= 0.3 is 0 Å². The monoisotopic (exact) mass is 444 g/mol. The zero-order valence-corrected chi connectivity index (χ0v) is 18.9. The number of benzene rings is 1. The molecule has 0 saturated carbocycles. The van der Waals surface area contributed by atoms with Crippen molar-refractivity contribution in [1.82, 2.24) is 24.1 Å². The Labute approximate surface area is 192 Å². The van der Waals surface area contributed by atoms with Crippen molar-refractivity contribution in [1.29, 1.82) is 0 Å². The number of aromatic nitrogens is 4. The van der Waals surface area contributed by atoms with Crippen LogP contribution in [0.15, 0.2) is 53.8 Å². The summed E-state index contributed by atoms with van der Waals surface area (Å²) in [7, 11) is 1.79. The van der Waals surface area contributed by atoms with Crippen molar-refractivity contribution in [2.24, 2.45) is 7.05 Å². The summed E-state index contributed by atoms with van der Waals surface area (Å²) in [6.45, 7) is 5.85. The molecule has 8 heteroatoms. The molecule has 0 N–H and O–H groups in total. The molecule has 0 radical (unpaired) electrons. The molecule has 2 saturated heterocycles. The third-order valence-corrected chi connectivity index (χ3v) is 7.12. The number of pyridine rings is 1. The van der Waals surface area contributed by atoms with Gasteiger partial charge in [-0.2, -0.15) is 5.10 Å². The second-order valence-corrected chi connectivity index (χ2v) is 9.01. The summed E-state index contributed by atoms with van der Waals surface area (Å²) in [4.78, 5) is 22.4. The van der Waals surface area contributed by atoms with Gasteiger partial charge in [0.2, 0.25) is 0 Å². The fraction of sp³-hybridized carbons (Fsp3) is 0.400. The van der Waals surface area contributed by atoms with Gasteiger partial charge in [0.1, 0.15) is 0 Å². The van der Waals surface area contributed by atoms with E-state index in [0.717, 1.165) is 80.1 Å². The van der Waals surface area contributed by atoms with Crippen LogP contribution in [-0.4, -0.2) is 69.5 Å². The van der Waals surface area contributed by atoms with E-state index in [-0.39, 0.29) is 5.56 Å². The van der Waals surface area contributed by atoms with E-state index in [1.807, 2.05) is 47.4 Å². The largest absolute Gasteiger partial charge is 0.379 e. The van der Waals surface area contributed by atoms with E-state index in [1.165, 1.54) is 0 Å². The average molecular weight is 445 g/mol. The Hall–Kier alpha value is -3.23. The molecule has 2 aliphatic rings. The van der Waals surface area contributed by atoms with Crippen LogP contribution in [0, 0.1) is 0 Å². The molecule has 1 aromatic carbocycles. The SMILES string of the molecule is Cn1cc(-c2cnn3cc(N4CCC(N5CCOCC5)CC4)cnc23)c2ccccc2c1=O. The van der Waals surface area contributed by atoms with Crippen molar-refractivity contribution >= 4 is 22.1 Å². The van der Waals surface area contributed by atoms with Gasteiger partial charge in [-0.15, -0.1) is 0 Å². The average Bonchev–Trinajstić information content (AvgIpc) is 3.30. The minimum absolute atomic E-state index is 0.00144. The van der Waals surface area contributed by atoms with Crippen molar-refractivity contribution in [3.63, 3.8) is 0 Å². The topological polar surface area (TPSA) is 67.9 Å². The van der Waals surface area contributed by atoms with Crippen molar-refractivity contribution in [2.75, 3.05) is 44.3 Å². The van der Waals surface area contributed by atoms with Gasteiger partial charge in [0, 0.05) is 62.0 Å². The second kappa shape index (κ2) is 8.28. The first-order chi connectivity index (χ1) is 16.2. The molecule has 4 aromatic rings. The molecule has 0 atom stereocenters. The summed E-state index contributed by atoms with van der Waals surface area (Å²) in [5.41, 5.74) is 3.80. The molecule has 6 rings (SSSR count). The van der Waals surface area contributed by atoms with Crippen molar-refractivity contribution in [3.05, 3.63) is 59.4 Å². The maximum atomic E-state index is 12.6. The third kappa shape index (κ3) is 3.59. The number of nitrogens with zero attached hydrogens (tertiary/aromatic N) is 6. The maximum Gasteiger partial charge on any atom is 0.258 e. The number of aryl methyl sites for hydroxylation is 1. The van der Waals surface area contributed by atoms with Crippen LogP contribution in [0.5, 0.6) is 0 Å². The fourth-order valence-electron chi connectivity index (χ4n) is 5.28. The molecular formula is C25H28N6O2. The van der Waals surface area contributed by atoms with Gasteiger partial charge in [-0.05, 0) is 24.3 Å². The molecule has 3 aromatic heterocycles. The predicted molar refractivity (Wildman–Crippen MR) is 129 cm³/mol. The summed E-state index contributed by atoms with van der Waals surface area (Å²) in [5, 5.41) is 6.24. The van der Waals surface area contributed by atoms with Crippen LogP contribution in [0.4, 0.5) is 5.69 Å². The number of ether oxygens (including phenoxy) is 1. The van der Waals surface area contributed by atoms with Gasteiger partial charge in [0.15, 0.2) is 5.65 Å². The van der Waals surface area contributed by atoms with Crippen LogP contribution in [-0.2, 0) is 11.8 Å². The van der Waals surface area contributed by atoms with Crippen molar-refractivity contribution in [2.45, 2.75) is 18.9 Å². The summed E-state index contributed by atoms with van der Waals surface area (Å²) in [6.07, 6.45) is 10.1. The van der Waals surface area contributed by atoms with Crippen LogP contribution < -0.4 is 10.5 Å². The molecule has 0 spiro atoms. The minimum Gasteiger partial charge on any atom is -0.379 e. The predicted octanol–water partition coefficient (Wildman–Crippen LogP) is 2.55. The zero-order chi connectivity index (χ0) is 22.4. The minimum atomic E-state index is 0.00144. The Morgan fingerprint density at radius 3 is 2.48 bits per heavy atom. The molecule has 0 amide bonds.